The molecule has 1 aliphatic heterocycles. The van der Waals surface area contributed by atoms with E-state index in [1.807, 2.05) is 0 Å². The number of nitrogens with zero attached hydrogens (tertiary/aromatic N) is 3. The highest BCUT2D eigenvalue weighted by Gasteiger charge is 2.27. The summed E-state index contributed by atoms with van der Waals surface area (Å²) in [6, 6.07) is 3.07. The lowest BCUT2D eigenvalue weighted by atomic mass is 10.4. The Hall–Kier alpha value is -1.22. The molecule has 0 atom stereocenters. The zero-order valence-electron chi connectivity index (χ0n) is 12.2. The van der Waals surface area contributed by atoms with Crippen molar-refractivity contribution in [2.75, 3.05) is 51.7 Å². The molecule has 2 rings (SSSR count). The van der Waals surface area contributed by atoms with E-state index in [9.17, 15) is 8.42 Å². The van der Waals surface area contributed by atoms with Gasteiger partial charge in [0, 0.05) is 45.5 Å². The van der Waals surface area contributed by atoms with Crippen LogP contribution in [-0.2, 0) is 10.0 Å². The van der Waals surface area contributed by atoms with E-state index in [1.54, 1.807) is 13.1 Å². The van der Waals surface area contributed by atoms with Crippen molar-refractivity contribution < 1.29 is 13.5 Å². The third-order valence-corrected chi connectivity index (χ3v) is 5.48. The molecule has 118 valence electrons. The molecular formula is C13H22N4O3S. The molecule has 0 aliphatic carbocycles. The molecule has 2 heterocycles. The summed E-state index contributed by atoms with van der Waals surface area (Å²) >= 11 is 0. The normalized spacial score (nSPS) is 18.4. The van der Waals surface area contributed by atoms with E-state index in [2.05, 4.69) is 15.2 Å². The number of hydrogen-bond donors (Lipinski definition) is 2. The van der Waals surface area contributed by atoms with Crippen LogP contribution in [0.3, 0.4) is 0 Å². The zero-order valence-corrected chi connectivity index (χ0v) is 13.0. The van der Waals surface area contributed by atoms with Crippen molar-refractivity contribution >= 4 is 15.8 Å². The second-order valence-electron chi connectivity index (χ2n) is 4.95. The van der Waals surface area contributed by atoms with Gasteiger partial charge in [0.25, 0.3) is 0 Å². The molecule has 0 saturated carbocycles. The van der Waals surface area contributed by atoms with Crippen LogP contribution in [0.15, 0.2) is 23.2 Å². The van der Waals surface area contributed by atoms with Gasteiger partial charge in [0.1, 0.15) is 5.82 Å². The summed E-state index contributed by atoms with van der Waals surface area (Å²) < 4.78 is 26.9. The Morgan fingerprint density at radius 1 is 1.33 bits per heavy atom. The number of aliphatic hydroxyl groups excluding tert-OH is 1. The number of rotatable bonds is 5. The zero-order chi connectivity index (χ0) is 15.3. The van der Waals surface area contributed by atoms with Crippen LogP contribution in [0, 0.1) is 0 Å². The van der Waals surface area contributed by atoms with Gasteiger partial charge in [-0.3, -0.25) is 4.90 Å². The number of β-amino-alcohol motifs (C(OH)–C–C–N with tert-alkyl or cyclic N) is 1. The van der Waals surface area contributed by atoms with Crippen LogP contribution in [0.4, 0.5) is 5.82 Å². The van der Waals surface area contributed by atoms with Crippen LogP contribution in [0.1, 0.15) is 6.42 Å². The predicted molar refractivity (Wildman–Crippen MR) is 80.7 cm³/mol. The minimum Gasteiger partial charge on any atom is -0.395 e. The fourth-order valence-corrected chi connectivity index (χ4v) is 3.89. The molecule has 1 fully saturated rings. The largest absolute Gasteiger partial charge is 0.395 e. The molecule has 8 heteroatoms. The summed E-state index contributed by atoms with van der Waals surface area (Å²) in [5.74, 6) is 0.535. The van der Waals surface area contributed by atoms with Gasteiger partial charge in [-0.05, 0) is 19.0 Å². The maximum absolute atomic E-state index is 12.7. The first-order valence-electron chi connectivity index (χ1n) is 7.05. The molecule has 1 saturated heterocycles. The van der Waals surface area contributed by atoms with Gasteiger partial charge in [0.2, 0.25) is 10.0 Å². The third kappa shape index (κ3) is 3.91. The summed E-state index contributed by atoms with van der Waals surface area (Å²) in [5, 5.41) is 11.8. The Balaban J connectivity index is 2.15. The van der Waals surface area contributed by atoms with Gasteiger partial charge in [-0.1, -0.05) is 0 Å². The van der Waals surface area contributed by atoms with Crippen LogP contribution in [-0.4, -0.2) is 74.1 Å². The van der Waals surface area contributed by atoms with Crippen LogP contribution in [0.5, 0.6) is 0 Å². The lowest BCUT2D eigenvalue weighted by molar-refractivity contribution is 0.202. The van der Waals surface area contributed by atoms with Crippen molar-refractivity contribution in [1.29, 1.82) is 0 Å². The van der Waals surface area contributed by atoms with Crippen LogP contribution >= 0.6 is 0 Å². The molecule has 0 radical (unpaired) electrons. The first-order chi connectivity index (χ1) is 10.1. The summed E-state index contributed by atoms with van der Waals surface area (Å²) in [6.45, 7) is 3.09. The fraction of sp³-hybridized carbons (Fsp3) is 0.615. The Morgan fingerprint density at radius 2 is 2.14 bits per heavy atom. The minimum atomic E-state index is -3.49. The van der Waals surface area contributed by atoms with E-state index in [-0.39, 0.29) is 11.5 Å². The molecular weight excluding hydrogens is 292 g/mol. The standard InChI is InChI=1S/C13H22N4O3S/c1-14-13-11-12(3-4-15-13)21(19,20)17-6-2-5-16(7-8-17)9-10-18/h3-4,11,18H,2,5-10H2,1H3,(H,14,15). The molecule has 21 heavy (non-hydrogen) atoms. The topological polar surface area (TPSA) is 85.8 Å². The first-order valence-corrected chi connectivity index (χ1v) is 8.49. The number of sulfonamides is 1. The maximum atomic E-state index is 12.7. The number of hydrogen-bond acceptors (Lipinski definition) is 6. The van der Waals surface area contributed by atoms with E-state index < -0.39 is 10.0 Å². The molecule has 2 N–H and O–H groups in total. The molecule has 0 unspecified atom stereocenters. The van der Waals surface area contributed by atoms with Crippen molar-refractivity contribution in [3.05, 3.63) is 18.3 Å². The highest BCUT2D eigenvalue weighted by atomic mass is 32.2. The average Bonchev–Trinajstić information content (AvgIpc) is 2.74. The number of pyridine rings is 1. The Kier molecular flexibility index (Phi) is 5.51. The monoisotopic (exact) mass is 314 g/mol. The van der Waals surface area contributed by atoms with E-state index >= 15 is 0 Å². The van der Waals surface area contributed by atoms with Crippen molar-refractivity contribution in [2.24, 2.45) is 0 Å². The maximum Gasteiger partial charge on any atom is 0.243 e. The van der Waals surface area contributed by atoms with Crippen LogP contribution in [0.2, 0.25) is 0 Å². The van der Waals surface area contributed by atoms with Crippen LogP contribution < -0.4 is 5.32 Å². The van der Waals surface area contributed by atoms with E-state index in [0.29, 0.717) is 32.0 Å². The van der Waals surface area contributed by atoms with Crippen molar-refractivity contribution in [3.63, 3.8) is 0 Å². The number of aromatic nitrogens is 1. The second kappa shape index (κ2) is 7.17. The van der Waals surface area contributed by atoms with Crippen molar-refractivity contribution in [2.45, 2.75) is 11.3 Å². The second-order valence-corrected chi connectivity index (χ2v) is 6.89. The SMILES string of the molecule is CNc1cc(S(=O)(=O)N2CCCN(CCO)CC2)ccn1. The Morgan fingerprint density at radius 3 is 2.86 bits per heavy atom. The average molecular weight is 314 g/mol. The van der Waals surface area contributed by atoms with E-state index in [1.165, 1.54) is 16.6 Å². The van der Waals surface area contributed by atoms with Gasteiger partial charge in [-0.15, -0.1) is 0 Å². The van der Waals surface area contributed by atoms with Gasteiger partial charge < -0.3 is 10.4 Å². The summed E-state index contributed by atoms with van der Waals surface area (Å²) in [5.41, 5.74) is 0. The lowest BCUT2D eigenvalue weighted by Gasteiger charge is -2.21. The van der Waals surface area contributed by atoms with Crippen LogP contribution in [0.25, 0.3) is 0 Å². The molecule has 7 nitrogen and oxygen atoms in total. The van der Waals surface area contributed by atoms with E-state index in [0.717, 1.165) is 13.0 Å². The number of aliphatic hydroxyl groups is 1. The molecule has 0 spiro atoms. The molecule has 0 bridgehead atoms. The Labute approximate surface area is 125 Å². The third-order valence-electron chi connectivity index (χ3n) is 3.59. The molecule has 0 amide bonds. The smallest absolute Gasteiger partial charge is 0.243 e. The molecule has 0 aromatic carbocycles. The number of nitrogens with one attached hydrogen (secondary N) is 1. The van der Waals surface area contributed by atoms with Gasteiger partial charge in [-0.25, -0.2) is 13.4 Å². The minimum absolute atomic E-state index is 0.0998. The highest BCUT2D eigenvalue weighted by Crippen LogP contribution is 2.19. The molecule has 1 aromatic heterocycles. The quantitative estimate of drug-likeness (QED) is 0.784. The summed E-state index contributed by atoms with van der Waals surface area (Å²) in [6.07, 6.45) is 2.26. The van der Waals surface area contributed by atoms with Gasteiger partial charge in [-0.2, -0.15) is 4.31 Å². The molecule has 1 aromatic rings. The van der Waals surface area contributed by atoms with Crippen molar-refractivity contribution in [3.8, 4) is 0 Å². The Bertz CT molecular complexity index is 564. The highest BCUT2D eigenvalue weighted by molar-refractivity contribution is 7.89. The summed E-state index contributed by atoms with van der Waals surface area (Å²) in [7, 11) is -1.79. The lowest BCUT2D eigenvalue weighted by Crippen LogP contribution is -2.36. The summed E-state index contributed by atoms with van der Waals surface area (Å²) in [4.78, 5) is 6.39. The predicted octanol–water partition coefficient (Wildman–Crippen LogP) is -0.188. The van der Waals surface area contributed by atoms with Crippen molar-refractivity contribution in [1.82, 2.24) is 14.2 Å². The fourth-order valence-electron chi connectivity index (χ4n) is 2.41. The molecule has 1 aliphatic rings. The number of anilines is 1. The first kappa shape index (κ1) is 16.2. The van der Waals surface area contributed by atoms with Gasteiger partial charge >= 0.3 is 0 Å². The van der Waals surface area contributed by atoms with E-state index in [4.69, 9.17) is 5.11 Å². The van der Waals surface area contributed by atoms with Gasteiger partial charge in [0.15, 0.2) is 0 Å². The van der Waals surface area contributed by atoms with Gasteiger partial charge in [0.05, 0.1) is 11.5 Å².